The Morgan fingerprint density at radius 2 is 2.00 bits per heavy atom. The Morgan fingerprint density at radius 3 is 2.53 bits per heavy atom. The lowest BCUT2D eigenvalue weighted by atomic mass is 10.0. The van der Waals surface area contributed by atoms with Gasteiger partial charge in [0.25, 0.3) is 0 Å². The first kappa shape index (κ1) is 10.9. The van der Waals surface area contributed by atoms with E-state index in [-0.39, 0.29) is 11.9 Å². The predicted molar refractivity (Wildman–Crippen MR) is 60.3 cm³/mol. The molecule has 3 atom stereocenters. The molecule has 1 aliphatic heterocycles. The summed E-state index contributed by atoms with van der Waals surface area (Å²) in [6, 6.07) is 0.0536. The summed E-state index contributed by atoms with van der Waals surface area (Å²) in [5.41, 5.74) is 5.81. The van der Waals surface area contributed by atoms with Gasteiger partial charge in [0.05, 0.1) is 0 Å². The van der Waals surface area contributed by atoms with Crippen molar-refractivity contribution >= 4 is 5.91 Å². The van der Waals surface area contributed by atoms with E-state index in [0.717, 1.165) is 31.3 Å². The van der Waals surface area contributed by atoms with Crippen LogP contribution in [-0.2, 0) is 4.79 Å². The third-order valence-corrected chi connectivity index (χ3v) is 4.04. The number of carbonyl (C=O) groups excluding carboxylic acids is 1. The molecule has 1 aliphatic carbocycles. The molecule has 1 heterocycles. The first-order valence-corrected chi connectivity index (χ1v) is 6.24. The molecule has 2 fully saturated rings. The van der Waals surface area contributed by atoms with E-state index in [4.69, 9.17) is 5.73 Å². The molecule has 0 aromatic rings. The van der Waals surface area contributed by atoms with Crippen LogP contribution in [0.1, 0.15) is 39.0 Å². The summed E-state index contributed by atoms with van der Waals surface area (Å²) in [6.07, 6.45) is 5.46. The number of carbonyl (C=O) groups is 1. The van der Waals surface area contributed by atoms with E-state index < -0.39 is 0 Å². The van der Waals surface area contributed by atoms with Crippen LogP contribution in [0.3, 0.4) is 0 Å². The van der Waals surface area contributed by atoms with Crippen LogP contribution in [0.5, 0.6) is 0 Å². The molecule has 3 nitrogen and oxygen atoms in total. The van der Waals surface area contributed by atoms with Gasteiger partial charge >= 0.3 is 0 Å². The van der Waals surface area contributed by atoms with Crippen molar-refractivity contribution in [3.05, 3.63) is 0 Å². The minimum atomic E-state index is 0.0536. The normalized spacial score (nSPS) is 31.7. The Balaban J connectivity index is 1.83. The highest BCUT2D eigenvalue weighted by atomic mass is 16.2. The average molecular weight is 210 g/mol. The summed E-state index contributed by atoms with van der Waals surface area (Å²) >= 11 is 0. The molecular weight excluding hydrogens is 188 g/mol. The largest absolute Gasteiger partial charge is 0.342 e. The van der Waals surface area contributed by atoms with Crippen LogP contribution >= 0.6 is 0 Å². The number of likely N-dealkylation sites (tertiary alicyclic amines) is 1. The molecule has 2 N–H and O–H groups in total. The van der Waals surface area contributed by atoms with Gasteiger partial charge < -0.3 is 10.6 Å². The molecular formula is C12H22N2O. The van der Waals surface area contributed by atoms with E-state index >= 15 is 0 Å². The van der Waals surface area contributed by atoms with Gasteiger partial charge in [0.1, 0.15) is 0 Å². The second-order valence-electron chi connectivity index (χ2n) is 5.12. The molecule has 3 unspecified atom stereocenters. The summed E-state index contributed by atoms with van der Waals surface area (Å²) in [4.78, 5) is 13.9. The molecule has 2 aliphatic rings. The third-order valence-electron chi connectivity index (χ3n) is 4.04. The smallest absolute Gasteiger partial charge is 0.224 e. The third kappa shape index (κ3) is 2.33. The van der Waals surface area contributed by atoms with E-state index in [0.29, 0.717) is 6.42 Å². The molecule has 2 rings (SSSR count). The summed E-state index contributed by atoms with van der Waals surface area (Å²) < 4.78 is 0. The molecule has 0 spiro atoms. The van der Waals surface area contributed by atoms with Crippen LogP contribution in [0.2, 0.25) is 0 Å². The fourth-order valence-corrected chi connectivity index (χ4v) is 2.94. The zero-order valence-electron chi connectivity index (χ0n) is 9.61. The number of hydrogen-bond acceptors (Lipinski definition) is 2. The summed E-state index contributed by atoms with van der Waals surface area (Å²) in [5, 5.41) is 0. The average Bonchev–Trinajstić information content (AvgIpc) is 2.76. The maximum atomic E-state index is 11.9. The number of hydrogen-bond donors (Lipinski definition) is 1. The molecule has 1 saturated carbocycles. The Hall–Kier alpha value is -0.570. The number of amides is 1. The van der Waals surface area contributed by atoms with E-state index in [9.17, 15) is 4.79 Å². The van der Waals surface area contributed by atoms with Crippen LogP contribution in [0.4, 0.5) is 0 Å². The van der Waals surface area contributed by atoms with Crippen molar-refractivity contribution in [2.45, 2.75) is 45.1 Å². The molecule has 0 radical (unpaired) electrons. The maximum absolute atomic E-state index is 11.9. The first-order valence-electron chi connectivity index (χ1n) is 6.24. The molecule has 1 amide bonds. The van der Waals surface area contributed by atoms with Gasteiger partial charge in [-0.25, -0.2) is 0 Å². The van der Waals surface area contributed by atoms with Gasteiger partial charge in [-0.15, -0.1) is 0 Å². The van der Waals surface area contributed by atoms with E-state index in [1.807, 2.05) is 11.8 Å². The van der Waals surface area contributed by atoms with Crippen molar-refractivity contribution < 1.29 is 4.79 Å². The van der Waals surface area contributed by atoms with E-state index in [2.05, 4.69) is 0 Å². The van der Waals surface area contributed by atoms with Crippen LogP contribution in [0.15, 0.2) is 0 Å². The van der Waals surface area contributed by atoms with Crippen molar-refractivity contribution in [3.63, 3.8) is 0 Å². The predicted octanol–water partition coefficient (Wildman–Crippen LogP) is 1.37. The second kappa shape index (κ2) is 4.52. The standard InChI is InChI=1S/C12H22N2O/c1-2-11(13)6-12(15)14-7-9-4-3-5-10(9)8-14/h9-11H,2-8,13H2,1H3. The second-order valence-corrected chi connectivity index (χ2v) is 5.12. The van der Waals surface area contributed by atoms with Gasteiger partial charge in [-0.2, -0.15) is 0 Å². The quantitative estimate of drug-likeness (QED) is 0.764. The van der Waals surface area contributed by atoms with Gasteiger partial charge in [0.2, 0.25) is 5.91 Å². The van der Waals surface area contributed by atoms with E-state index in [1.165, 1.54) is 19.3 Å². The molecule has 86 valence electrons. The van der Waals surface area contributed by atoms with Gasteiger partial charge in [-0.1, -0.05) is 13.3 Å². The van der Waals surface area contributed by atoms with Gasteiger partial charge in [0, 0.05) is 25.6 Å². The highest BCUT2D eigenvalue weighted by Gasteiger charge is 2.37. The zero-order chi connectivity index (χ0) is 10.8. The maximum Gasteiger partial charge on any atom is 0.224 e. The molecule has 0 aromatic heterocycles. The van der Waals surface area contributed by atoms with Crippen LogP contribution in [-0.4, -0.2) is 29.9 Å². The monoisotopic (exact) mass is 210 g/mol. The summed E-state index contributed by atoms with van der Waals surface area (Å²) in [6.45, 7) is 4.04. The molecule has 0 bridgehead atoms. The highest BCUT2D eigenvalue weighted by Crippen LogP contribution is 2.37. The van der Waals surface area contributed by atoms with E-state index in [1.54, 1.807) is 0 Å². The van der Waals surface area contributed by atoms with Gasteiger partial charge in [-0.05, 0) is 31.1 Å². The topological polar surface area (TPSA) is 46.3 Å². The van der Waals surface area contributed by atoms with Crippen molar-refractivity contribution in [3.8, 4) is 0 Å². The van der Waals surface area contributed by atoms with Gasteiger partial charge in [-0.3, -0.25) is 4.79 Å². The number of nitrogens with two attached hydrogens (primary N) is 1. The highest BCUT2D eigenvalue weighted by molar-refractivity contribution is 5.77. The van der Waals surface area contributed by atoms with Crippen molar-refractivity contribution in [1.82, 2.24) is 4.90 Å². The Bertz CT molecular complexity index is 230. The number of fused-ring (bicyclic) bond motifs is 1. The Labute approximate surface area is 92.0 Å². The lowest BCUT2D eigenvalue weighted by Gasteiger charge is -2.19. The lowest BCUT2D eigenvalue weighted by Crippen LogP contribution is -2.34. The van der Waals surface area contributed by atoms with Crippen molar-refractivity contribution in [2.24, 2.45) is 17.6 Å². The van der Waals surface area contributed by atoms with Crippen LogP contribution < -0.4 is 5.73 Å². The van der Waals surface area contributed by atoms with Crippen LogP contribution in [0.25, 0.3) is 0 Å². The fourth-order valence-electron chi connectivity index (χ4n) is 2.94. The molecule has 3 heteroatoms. The Kier molecular flexibility index (Phi) is 3.29. The minimum Gasteiger partial charge on any atom is -0.342 e. The molecule has 1 saturated heterocycles. The lowest BCUT2D eigenvalue weighted by molar-refractivity contribution is -0.130. The minimum absolute atomic E-state index is 0.0536. The fraction of sp³-hybridized carbons (Fsp3) is 0.917. The summed E-state index contributed by atoms with van der Waals surface area (Å²) in [5.74, 6) is 1.87. The zero-order valence-corrected chi connectivity index (χ0v) is 9.61. The van der Waals surface area contributed by atoms with Crippen molar-refractivity contribution in [1.29, 1.82) is 0 Å². The Morgan fingerprint density at radius 1 is 1.40 bits per heavy atom. The molecule has 15 heavy (non-hydrogen) atoms. The SMILES string of the molecule is CCC(N)CC(=O)N1CC2CCCC2C1. The van der Waals surface area contributed by atoms with Crippen molar-refractivity contribution in [2.75, 3.05) is 13.1 Å². The first-order chi connectivity index (χ1) is 7.20. The molecule has 0 aromatic carbocycles. The van der Waals surface area contributed by atoms with Crippen LogP contribution in [0, 0.1) is 11.8 Å². The number of rotatable bonds is 3. The number of nitrogens with zero attached hydrogens (tertiary/aromatic N) is 1. The summed E-state index contributed by atoms with van der Waals surface area (Å²) in [7, 11) is 0. The van der Waals surface area contributed by atoms with Gasteiger partial charge in [0.15, 0.2) is 0 Å².